The van der Waals surface area contributed by atoms with Crippen LogP contribution in [0.4, 0.5) is 0 Å². The first-order valence-electron chi connectivity index (χ1n) is 5.71. The van der Waals surface area contributed by atoms with Crippen LogP contribution in [0.3, 0.4) is 0 Å². The van der Waals surface area contributed by atoms with Crippen LogP contribution in [-0.2, 0) is 6.42 Å². The van der Waals surface area contributed by atoms with Crippen LogP contribution in [0.15, 0.2) is 30.3 Å². The first-order chi connectivity index (χ1) is 6.95. The second-order valence-electron chi connectivity index (χ2n) is 4.14. The molecule has 2 nitrogen and oxygen atoms in total. The van der Waals surface area contributed by atoms with Crippen molar-refractivity contribution < 1.29 is 0 Å². The Balaban J connectivity index is 0.00000112. The summed E-state index contributed by atoms with van der Waals surface area (Å²) in [6.07, 6.45) is 5.44. The van der Waals surface area contributed by atoms with Gasteiger partial charge in [-0.1, -0.05) is 36.8 Å². The zero-order valence-corrected chi connectivity index (χ0v) is 9.23. The van der Waals surface area contributed by atoms with Crippen LogP contribution in [0.2, 0.25) is 0 Å². The van der Waals surface area contributed by atoms with Crippen LogP contribution < -0.4 is 6.15 Å². The molecular formula is C13H19N2. The molecule has 0 amide bonds. The van der Waals surface area contributed by atoms with Crippen LogP contribution in [0.1, 0.15) is 24.8 Å². The SMILES string of the molecule is [N].c1ccc(CCN2CCCCC2)cc1. The van der Waals surface area contributed by atoms with Crippen molar-refractivity contribution in [3.8, 4) is 0 Å². The van der Waals surface area contributed by atoms with Crippen molar-refractivity contribution >= 4 is 0 Å². The number of rotatable bonds is 3. The molecule has 1 saturated heterocycles. The molecule has 2 heteroatoms. The zero-order chi connectivity index (χ0) is 9.64. The lowest BCUT2D eigenvalue weighted by atomic mass is 10.1. The van der Waals surface area contributed by atoms with E-state index in [1.165, 1.54) is 50.9 Å². The molecule has 1 heterocycles. The summed E-state index contributed by atoms with van der Waals surface area (Å²) in [5, 5.41) is 0. The van der Waals surface area contributed by atoms with E-state index >= 15 is 0 Å². The molecule has 0 unspecified atom stereocenters. The predicted octanol–water partition coefficient (Wildman–Crippen LogP) is 2.23. The lowest BCUT2D eigenvalue weighted by Gasteiger charge is -2.26. The smallest absolute Gasteiger partial charge is 0.00218 e. The highest BCUT2D eigenvalue weighted by molar-refractivity contribution is 5.14. The average molecular weight is 203 g/mol. The van der Waals surface area contributed by atoms with E-state index in [9.17, 15) is 0 Å². The Kier molecular flexibility index (Phi) is 5.37. The van der Waals surface area contributed by atoms with Gasteiger partial charge < -0.3 is 4.90 Å². The number of likely N-dealkylation sites (tertiary alicyclic amines) is 1. The molecule has 0 saturated carbocycles. The average Bonchev–Trinajstić information content (AvgIpc) is 2.29. The van der Waals surface area contributed by atoms with E-state index in [1.54, 1.807) is 0 Å². The molecule has 0 atom stereocenters. The Hall–Kier alpha value is -0.860. The first kappa shape index (κ1) is 12.2. The van der Waals surface area contributed by atoms with Gasteiger partial charge in [0.2, 0.25) is 0 Å². The molecule has 0 bridgehead atoms. The minimum Gasteiger partial charge on any atom is -0.303 e. The van der Waals surface area contributed by atoms with Crippen LogP contribution >= 0.6 is 0 Å². The summed E-state index contributed by atoms with van der Waals surface area (Å²) < 4.78 is 0. The van der Waals surface area contributed by atoms with Gasteiger partial charge >= 0.3 is 0 Å². The molecular weight excluding hydrogens is 184 g/mol. The fourth-order valence-electron chi connectivity index (χ4n) is 2.11. The Morgan fingerprint density at radius 3 is 2.27 bits per heavy atom. The van der Waals surface area contributed by atoms with E-state index < -0.39 is 0 Å². The summed E-state index contributed by atoms with van der Waals surface area (Å²) in [6, 6.07) is 10.8. The number of nitrogens with zero attached hydrogens (tertiary/aromatic N) is 2. The van der Waals surface area contributed by atoms with Crippen molar-refractivity contribution in [1.29, 1.82) is 0 Å². The normalized spacial score (nSPS) is 17.1. The fourth-order valence-corrected chi connectivity index (χ4v) is 2.11. The minimum absolute atomic E-state index is 0. The molecule has 1 aromatic carbocycles. The van der Waals surface area contributed by atoms with Crippen LogP contribution in [0, 0.1) is 0 Å². The third kappa shape index (κ3) is 4.02. The van der Waals surface area contributed by atoms with Gasteiger partial charge in [0.05, 0.1) is 0 Å². The molecule has 0 spiro atoms. The van der Waals surface area contributed by atoms with Crippen LogP contribution in [-0.4, -0.2) is 24.5 Å². The van der Waals surface area contributed by atoms with Crippen molar-refractivity contribution in [2.24, 2.45) is 0 Å². The van der Waals surface area contributed by atoms with E-state index in [-0.39, 0.29) is 6.15 Å². The lowest BCUT2D eigenvalue weighted by molar-refractivity contribution is 0.231. The molecule has 81 valence electrons. The van der Waals surface area contributed by atoms with Crippen molar-refractivity contribution in [3.63, 3.8) is 0 Å². The molecule has 3 radical (unpaired) electrons. The second-order valence-corrected chi connectivity index (χ2v) is 4.14. The molecule has 2 rings (SSSR count). The molecule has 1 aliphatic rings. The number of piperidine rings is 1. The first-order valence-corrected chi connectivity index (χ1v) is 5.71. The Morgan fingerprint density at radius 2 is 1.60 bits per heavy atom. The highest BCUT2D eigenvalue weighted by atomic mass is 15.1. The van der Waals surface area contributed by atoms with Gasteiger partial charge in [-0.05, 0) is 37.9 Å². The lowest BCUT2D eigenvalue weighted by Crippen LogP contribution is -2.31. The van der Waals surface area contributed by atoms with E-state index in [1.807, 2.05) is 0 Å². The van der Waals surface area contributed by atoms with Crippen molar-refractivity contribution in [2.75, 3.05) is 19.6 Å². The van der Waals surface area contributed by atoms with Crippen LogP contribution in [0.5, 0.6) is 0 Å². The van der Waals surface area contributed by atoms with Gasteiger partial charge in [0.1, 0.15) is 0 Å². The second kappa shape index (κ2) is 6.59. The number of hydrogen-bond donors (Lipinski definition) is 0. The van der Waals surface area contributed by atoms with Gasteiger partial charge in [-0.3, -0.25) is 0 Å². The number of benzene rings is 1. The Morgan fingerprint density at radius 1 is 0.933 bits per heavy atom. The summed E-state index contributed by atoms with van der Waals surface area (Å²) in [4.78, 5) is 2.59. The van der Waals surface area contributed by atoms with Crippen molar-refractivity contribution in [3.05, 3.63) is 35.9 Å². The molecule has 15 heavy (non-hydrogen) atoms. The highest BCUT2D eigenvalue weighted by Gasteiger charge is 2.08. The van der Waals surface area contributed by atoms with Crippen molar-refractivity contribution in [2.45, 2.75) is 25.7 Å². The largest absolute Gasteiger partial charge is 0.303 e. The van der Waals surface area contributed by atoms with E-state index in [4.69, 9.17) is 0 Å². The zero-order valence-electron chi connectivity index (χ0n) is 9.23. The molecule has 1 fully saturated rings. The van der Waals surface area contributed by atoms with Gasteiger partial charge in [-0.15, -0.1) is 0 Å². The molecule has 0 aliphatic carbocycles. The maximum Gasteiger partial charge on any atom is 0.00218 e. The van der Waals surface area contributed by atoms with E-state index in [0.717, 1.165) is 0 Å². The monoisotopic (exact) mass is 203 g/mol. The molecule has 1 aromatic rings. The summed E-state index contributed by atoms with van der Waals surface area (Å²) in [6.45, 7) is 3.86. The summed E-state index contributed by atoms with van der Waals surface area (Å²) in [7, 11) is 0. The van der Waals surface area contributed by atoms with E-state index in [0.29, 0.717) is 0 Å². The molecule has 0 aromatic heterocycles. The summed E-state index contributed by atoms with van der Waals surface area (Å²) >= 11 is 0. The van der Waals surface area contributed by atoms with Crippen LogP contribution in [0.25, 0.3) is 0 Å². The topological polar surface area (TPSA) is 33.7 Å². The van der Waals surface area contributed by atoms with Gasteiger partial charge in [-0.25, -0.2) is 0 Å². The molecule has 1 aliphatic heterocycles. The highest BCUT2D eigenvalue weighted by Crippen LogP contribution is 2.09. The Labute approximate surface area is 92.9 Å². The minimum atomic E-state index is 0. The van der Waals surface area contributed by atoms with Gasteiger partial charge in [0, 0.05) is 12.7 Å². The standard InChI is InChI=1S/C13H19N.N/c1-3-7-13(8-4-1)9-12-14-10-5-2-6-11-14;/h1,3-4,7-8H,2,5-6,9-12H2;. The predicted molar refractivity (Wildman–Crippen MR) is 62.6 cm³/mol. The van der Waals surface area contributed by atoms with E-state index in [2.05, 4.69) is 35.2 Å². The summed E-state index contributed by atoms with van der Waals surface area (Å²) in [5.41, 5.74) is 1.47. The third-order valence-corrected chi connectivity index (χ3v) is 3.01. The third-order valence-electron chi connectivity index (χ3n) is 3.01. The van der Waals surface area contributed by atoms with Gasteiger partial charge in [0.25, 0.3) is 0 Å². The number of hydrogen-bond acceptors (Lipinski definition) is 1. The Bertz CT molecular complexity index is 252. The quantitative estimate of drug-likeness (QED) is 0.741. The fraction of sp³-hybridized carbons (Fsp3) is 0.538. The summed E-state index contributed by atoms with van der Waals surface area (Å²) in [5.74, 6) is 0. The van der Waals surface area contributed by atoms with Crippen molar-refractivity contribution in [1.82, 2.24) is 11.1 Å². The van der Waals surface area contributed by atoms with Gasteiger partial charge in [0.15, 0.2) is 0 Å². The molecule has 0 N–H and O–H groups in total. The van der Waals surface area contributed by atoms with Gasteiger partial charge in [-0.2, -0.15) is 0 Å². The maximum atomic E-state index is 2.59. The maximum absolute atomic E-state index is 2.59.